The van der Waals surface area contributed by atoms with Crippen LogP contribution in [-0.2, 0) is 11.8 Å². The molecule has 0 aromatic carbocycles. The summed E-state index contributed by atoms with van der Waals surface area (Å²) in [5.74, 6) is 1.54. The van der Waals surface area contributed by atoms with Crippen LogP contribution in [0.3, 0.4) is 0 Å². The maximum Gasteiger partial charge on any atom is 0.222 e. The minimum Gasteiger partial charge on any atom is -0.368 e. The van der Waals surface area contributed by atoms with E-state index in [4.69, 9.17) is 16.5 Å². The highest BCUT2D eigenvalue weighted by molar-refractivity contribution is 5.55. The lowest BCUT2D eigenvalue weighted by Gasteiger charge is -2.38. The predicted molar refractivity (Wildman–Crippen MR) is 93.6 cm³/mol. The van der Waals surface area contributed by atoms with Gasteiger partial charge in [0.05, 0.1) is 5.69 Å². The number of nitrogens with zero attached hydrogens (tertiary/aromatic N) is 3. The molecule has 1 aromatic rings. The van der Waals surface area contributed by atoms with Crippen LogP contribution >= 0.6 is 0 Å². The molecule has 126 valence electrons. The van der Waals surface area contributed by atoms with E-state index in [1.54, 1.807) is 0 Å². The van der Waals surface area contributed by atoms with Crippen molar-refractivity contribution in [2.75, 3.05) is 23.7 Å². The van der Waals surface area contributed by atoms with Crippen molar-refractivity contribution in [3.05, 3.63) is 11.3 Å². The van der Waals surface area contributed by atoms with Gasteiger partial charge in [-0.15, -0.1) is 0 Å². The highest BCUT2D eigenvalue weighted by Crippen LogP contribution is 2.47. The molecule has 1 spiro atoms. The zero-order valence-electron chi connectivity index (χ0n) is 14.1. The van der Waals surface area contributed by atoms with Gasteiger partial charge in [-0.25, -0.2) is 4.98 Å². The summed E-state index contributed by atoms with van der Waals surface area (Å²) in [6.07, 6.45) is 12.5. The van der Waals surface area contributed by atoms with Gasteiger partial charge in [0.2, 0.25) is 5.95 Å². The molecule has 3 aliphatic rings. The zero-order valence-corrected chi connectivity index (χ0v) is 14.1. The first-order chi connectivity index (χ1) is 11.2. The third-order valence-electron chi connectivity index (χ3n) is 6.17. The lowest BCUT2D eigenvalue weighted by Crippen LogP contribution is -2.33. The Kier molecular flexibility index (Phi) is 3.92. The SMILES string of the molecule is Nc1nc(N2CC[C@@H](N)C2)c2c(n1)C1(CCCCC1)CCCC2. The van der Waals surface area contributed by atoms with Crippen molar-refractivity contribution in [3.8, 4) is 0 Å². The van der Waals surface area contributed by atoms with E-state index in [9.17, 15) is 0 Å². The molecule has 2 heterocycles. The van der Waals surface area contributed by atoms with Crippen LogP contribution in [0.5, 0.6) is 0 Å². The summed E-state index contributed by atoms with van der Waals surface area (Å²) in [5, 5.41) is 0. The minimum absolute atomic E-state index is 0.260. The van der Waals surface area contributed by atoms with E-state index in [2.05, 4.69) is 9.88 Å². The number of fused-ring (bicyclic) bond motifs is 2. The Bertz CT molecular complexity index is 579. The molecule has 2 fully saturated rings. The highest BCUT2D eigenvalue weighted by Gasteiger charge is 2.40. The van der Waals surface area contributed by atoms with Gasteiger partial charge in [0.1, 0.15) is 5.82 Å². The average molecular weight is 315 g/mol. The quantitative estimate of drug-likeness (QED) is 0.832. The molecule has 4 N–H and O–H groups in total. The van der Waals surface area contributed by atoms with E-state index in [0.717, 1.165) is 31.7 Å². The first kappa shape index (κ1) is 15.2. The molecule has 2 aliphatic carbocycles. The molecule has 1 aliphatic heterocycles. The summed E-state index contributed by atoms with van der Waals surface area (Å²) in [6, 6.07) is 0.260. The second-order valence-corrected chi connectivity index (χ2v) is 7.78. The van der Waals surface area contributed by atoms with Crippen molar-refractivity contribution in [1.82, 2.24) is 9.97 Å². The fourth-order valence-corrected chi connectivity index (χ4v) is 5.00. The maximum absolute atomic E-state index is 6.15. The van der Waals surface area contributed by atoms with Crippen LogP contribution in [0.25, 0.3) is 0 Å². The van der Waals surface area contributed by atoms with Crippen LogP contribution in [0, 0.1) is 0 Å². The first-order valence-electron chi connectivity index (χ1n) is 9.35. The lowest BCUT2D eigenvalue weighted by atomic mass is 9.68. The molecule has 23 heavy (non-hydrogen) atoms. The monoisotopic (exact) mass is 315 g/mol. The Labute approximate surface area is 138 Å². The summed E-state index contributed by atoms with van der Waals surface area (Å²) >= 11 is 0. The normalized spacial score (nSPS) is 27.0. The summed E-state index contributed by atoms with van der Waals surface area (Å²) in [7, 11) is 0. The van der Waals surface area contributed by atoms with Crippen molar-refractivity contribution in [2.24, 2.45) is 5.73 Å². The topological polar surface area (TPSA) is 81.1 Å². The number of nitrogens with two attached hydrogens (primary N) is 2. The Balaban J connectivity index is 1.81. The first-order valence-corrected chi connectivity index (χ1v) is 9.35. The molecular formula is C18H29N5. The molecule has 5 heteroatoms. The average Bonchev–Trinajstić information content (AvgIpc) is 2.92. The molecule has 0 unspecified atom stereocenters. The van der Waals surface area contributed by atoms with E-state index in [1.807, 2.05) is 0 Å². The van der Waals surface area contributed by atoms with Gasteiger partial charge >= 0.3 is 0 Å². The van der Waals surface area contributed by atoms with Gasteiger partial charge in [-0.2, -0.15) is 4.98 Å². The summed E-state index contributed by atoms with van der Waals surface area (Å²) < 4.78 is 0. The van der Waals surface area contributed by atoms with E-state index in [0.29, 0.717) is 5.95 Å². The predicted octanol–water partition coefficient (Wildman–Crippen LogP) is 2.52. The number of hydrogen-bond donors (Lipinski definition) is 2. The molecule has 1 atom stereocenters. The molecule has 1 saturated heterocycles. The van der Waals surface area contributed by atoms with Crippen LogP contribution in [0.15, 0.2) is 0 Å². The van der Waals surface area contributed by atoms with Crippen molar-refractivity contribution >= 4 is 11.8 Å². The van der Waals surface area contributed by atoms with Crippen molar-refractivity contribution in [1.29, 1.82) is 0 Å². The van der Waals surface area contributed by atoms with Gasteiger partial charge < -0.3 is 16.4 Å². The summed E-state index contributed by atoms with van der Waals surface area (Å²) in [5.41, 5.74) is 15.2. The van der Waals surface area contributed by atoms with E-state index < -0.39 is 0 Å². The molecule has 0 bridgehead atoms. The lowest BCUT2D eigenvalue weighted by molar-refractivity contribution is 0.265. The summed E-state index contributed by atoms with van der Waals surface area (Å²) in [4.78, 5) is 11.8. The standard InChI is InChI=1S/C18H29N5/c19-13-7-11-23(12-13)16-14-6-2-5-10-18(8-3-1-4-9-18)15(14)21-17(20)22-16/h13H,1-12,19H2,(H2,20,21,22)/t13-/m1/s1. The Morgan fingerprint density at radius 2 is 1.74 bits per heavy atom. The third kappa shape index (κ3) is 2.69. The minimum atomic E-state index is 0.260. The molecule has 1 aromatic heterocycles. The number of hydrogen-bond acceptors (Lipinski definition) is 5. The highest BCUT2D eigenvalue weighted by atomic mass is 15.2. The van der Waals surface area contributed by atoms with Gasteiger partial charge in [0.25, 0.3) is 0 Å². The fraction of sp³-hybridized carbons (Fsp3) is 0.778. The van der Waals surface area contributed by atoms with Gasteiger partial charge in [-0.1, -0.05) is 25.7 Å². The van der Waals surface area contributed by atoms with Crippen LogP contribution in [0.2, 0.25) is 0 Å². The zero-order chi connectivity index (χ0) is 15.9. The Hall–Kier alpha value is -1.36. The molecule has 0 radical (unpaired) electrons. The van der Waals surface area contributed by atoms with Gasteiger partial charge in [-0.3, -0.25) is 0 Å². The van der Waals surface area contributed by atoms with Crippen molar-refractivity contribution in [2.45, 2.75) is 75.7 Å². The van der Waals surface area contributed by atoms with E-state index >= 15 is 0 Å². The second kappa shape index (κ2) is 5.93. The van der Waals surface area contributed by atoms with Gasteiger partial charge in [-0.05, 0) is 38.5 Å². The van der Waals surface area contributed by atoms with Crippen LogP contribution in [0.4, 0.5) is 11.8 Å². The fourth-order valence-electron chi connectivity index (χ4n) is 5.00. The van der Waals surface area contributed by atoms with Crippen LogP contribution in [-0.4, -0.2) is 29.1 Å². The molecule has 0 amide bonds. The second-order valence-electron chi connectivity index (χ2n) is 7.78. The van der Waals surface area contributed by atoms with Crippen molar-refractivity contribution < 1.29 is 0 Å². The smallest absolute Gasteiger partial charge is 0.222 e. The van der Waals surface area contributed by atoms with Crippen LogP contribution < -0.4 is 16.4 Å². The van der Waals surface area contributed by atoms with Crippen molar-refractivity contribution in [3.63, 3.8) is 0 Å². The number of rotatable bonds is 1. The largest absolute Gasteiger partial charge is 0.368 e. The molecule has 5 nitrogen and oxygen atoms in total. The van der Waals surface area contributed by atoms with E-state index in [-0.39, 0.29) is 11.5 Å². The van der Waals surface area contributed by atoms with E-state index in [1.165, 1.54) is 62.6 Å². The van der Waals surface area contributed by atoms with Gasteiger partial charge in [0.15, 0.2) is 0 Å². The maximum atomic E-state index is 6.15. The Morgan fingerprint density at radius 1 is 1.00 bits per heavy atom. The van der Waals surface area contributed by atoms with Gasteiger partial charge in [0, 0.05) is 30.1 Å². The number of nitrogen functional groups attached to an aromatic ring is 1. The summed E-state index contributed by atoms with van der Waals surface area (Å²) in [6.45, 7) is 1.90. The molecule has 4 rings (SSSR count). The molecular weight excluding hydrogens is 286 g/mol. The Morgan fingerprint density at radius 3 is 2.43 bits per heavy atom. The molecule has 1 saturated carbocycles. The number of aromatic nitrogens is 2. The number of anilines is 2. The van der Waals surface area contributed by atoms with Crippen LogP contribution in [0.1, 0.15) is 69.0 Å². The third-order valence-corrected chi connectivity index (χ3v) is 6.17.